The van der Waals surface area contributed by atoms with E-state index >= 15 is 0 Å². The van der Waals surface area contributed by atoms with E-state index in [1.807, 2.05) is 18.2 Å². The molecule has 158 valence electrons. The fraction of sp³-hybridized carbons (Fsp3) is 0.0833. The van der Waals surface area contributed by atoms with Gasteiger partial charge in [-0.1, -0.05) is 43.5 Å². The molecule has 0 saturated carbocycles. The Kier molecular flexibility index (Phi) is 8.50. The molecular weight excluding hydrogens is 394 g/mol. The van der Waals surface area contributed by atoms with Crippen LogP contribution < -0.4 is 15.2 Å². The van der Waals surface area contributed by atoms with Crippen LogP contribution in [0.2, 0.25) is 0 Å². The summed E-state index contributed by atoms with van der Waals surface area (Å²) in [6.45, 7) is 7.79. The molecule has 0 unspecified atom stereocenters. The van der Waals surface area contributed by atoms with E-state index in [1.165, 1.54) is 26.6 Å². The lowest BCUT2D eigenvalue weighted by Gasteiger charge is -2.15. The predicted octanol–water partition coefficient (Wildman–Crippen LogP) is 4.51. The van der Waals surface area contributed by atoms with E-state index in [1.54, 1.807) is 30.3 Å². The van der Waals surface area contributed by atoms with Crippen molar-refractivity contribution in [2.24, 2.45) is 10.7 Å². The van der Waals surface area contributed by atoms with Gasteiger partial charge in [0.2, 0.25) is 5.88 Å². The molecule has 0 spiro atoms. The monoisotopic (exact) mass is 417 g/mol. The number of nitriles is 1. The molecule has 2 aromatic carbocycles. The highest BCUT2D eigenvalue weighted by atomic mass is 16.5. The molecule has 2 N–H and O–H groups in total. The number of hydrogen-bond acceptors (Lipinski definition) is 6. The van der Waals surface area contributed by atoms with Crippen LogP contribution in [0.25, 0.3) is 5.57 Å². The summed E-state index contributed by atoms with van der Waals surface area (Å²) in [5, 5.41) is 9.24. The Hall–Kier alpha value is -4.44. The second kappa shape index (κ2) is 11.5. The quantitative estimate of drug-likeness (QED) is 0.264. The molecular formula is C24H23N3O4. The number of allylic oxidation sites excluding steroid dienone is 2. The fourth-order valence-corrected chi connectivity index (χ4v) is 2.52. The smallest absolute Gasteiger partial charge is 0.224 e. The third-order valence-electron chi connectivity index (χ3n) is 3.91. The fourth-order valence-electron chi connectivity index (χ4n) is 2.52. The van der Waals surface area contributed by atoms with Crippen molar-refractivity contribution in [2.45, 2.75) is 0 Å². The van der Waals surface area contributed by atoms with Gasteiger partial charge in [0.25, 0.3) is 0 Å². The van der Waals surface area contributed by atoms with Crippen molar-refractivity contribution in [2.75, 3.05) is 14.2 Å². The SMILES string of the molecule is C=C(/C=C(\N=C/N)Oc1ccccc1C#N)Oc1ccccc1/C(=C\OC)C(=C)OC. The molecule has 0 fully saturated rings. The molecule has 0 aromatic heterocycles. The lowest BCUT2D eigenvalue weighted by Crippen LogP contribution is -2.02. The van der Waals surface area contributed by atoms with Crippen LogP contribution >= 0.6 is 0 Å². The lowest BCUT2D eigenvalue weighted by atomic mass is 10.0. The first-order valence-corrected chi connectivity index (χ1v) is 9.09. The highest BCUT2D eigenvalue weighted by Crippen LogP contribution is 2.32. The van der Waals surface area contributed by atoms with Crippen molar-refractivity contribution in [1.82, 2.24) is 0 Å². The van der Waals surface area contributed by atoms with Crippen LogP contribution in [0.3, 0.4) is 0 Å². The molecule has 31 heavy (non-hydrogen) atoms. The Bertz CT molecular complexity index is 1080. The molecule has 0 aliphatic heterocycles. The van der Waals surface area contributed by atoms with E-state index in [9.17, 15) is 5.26 Å². The third kappa shape index (κ3) is 6.27. The minimum atomic E-state index is 0.0987. The number of nitrogens with two attached hydrogens (primary N) is 1. The summed E-state index contributed by atoms with van der Waals surface area (Å²) >= 11 is 0. The van der Waals surface area contributed by atoms with Crippen LogP contribution in [-0.4, -0.2) is 20.6 Å². The van der Waals surface area contributed by atoms with E-state index in [0.717, 1.165) is 6.34 Å². The number of para-hydroxylation sites is 2. The van der Waals surface area contributed by atoms with E-state index in [2.05, 4.69) is 24.2 Å². The van der Waals surface area contributed by atoms with Crippen LogP contribution in [-0.2, 0) is 9.47 Å². The van der Waals surface area contributed by atoms with Crippen molar-refractivity contribution >= 4 is 11.9 Å². The Labute approximate surface area is 181 Å². The molecule has 0 saturated heterocycles. The summed E-state index contributed by atoms with van der Waals surface area (Å²) in [6.07, 6.45) is 4.04. The number of ether oxygens (including phenoxy) is 4. The average Bonchev–Trinajstić information content (AvgIpc) is 2.78. The molecule has 7 heteroatoms. The van der Waals surface area contributed by atoms with Gasteiger partial charge in [0.15, 0.2) is 0 Å². The molecule has 0 radical (unpaired) electrons. The van der Waals surface area contributed by atoms with Crippen molar-refractivity contribution in [3.63, 3.8) is 0 Å². The average molecular weight is 417 g/mol. The van der Waals surface area contributed by atoms with Gasteiger partial charge in [0.1, 0.15) is 29.1 Å². The molecule has 2 aromatic rings. The molecule has 0 atom stereocenters. The molecule has 2 rings (SSSR count). The van der Waals surface area contributed by atoms with Crippen molar-refractivity contribution in [1.29, 1.82) is 5.26 Å². The first-order chi connectivity index (χ1) is 15.0. The summed E-state index contributed by atoms with van der Waals surface area (Å²) in [7, 11) is 3.05. The maximum absolute atomic E-state index is 9.24. The zero-order valence-electron chi connectivity index (χ0n) is 17.4. The van der Waals surface area contributed by atoms with Gasteiger partial charge >= 0.3 is 0 Å². The highest BCUT2D eigenvalue weighted by Gasteiger charge is 2.14. The van der Waals surface area contributed by atoms with Gasteiger partial charge < -0.3 is 24.7 Å². The number of aliphatic imine (C=N–C) groups is 1. The number of rotatable bonds is 10. The van der Waals surface area contributed by atoms with Crippen LogP contribution in [0, 0.1) is 11.3 Å². The minimum absolute atomic E-state index is 0.0987. The molecule has 0 amide bonds. The number of methoxy groups -OCH3 is 2. The zero-order valence-corrected chi connectivity index (χ0v) is 17.4. The van der Waals surface area contributed by atoms with Gasteiger partial charge in [-0.2, -0.15) is 5.26 Å². The molecule has 7 nitrogen and oxygen atoms in total. The van der Waals surface area contributed by atoms with E-state index in [4.69, 9.17) is 24.7 Å². The van der Waals surface area contributed by atoms with Gasteiger partial charge in [-0.3, -0.25) is 0 Å². The Balaban J connectivity index is 2.33. The van der Waals surface area contributed by atoms with Crippen LogP contribution in [0.4, 0.5) is 0 Å². The highest BCUT2D eigenvalue weighted by molar-refractivity contribution is 5.79. The van der Waals surface area contributed by atoms with E-state index < -0.39 is 0 Å². The molecule has 0 heterocycles. The Morgan fingerprint density at radius 2 is 1.71 bits per heavy atom. The van der Waals surface area contributed by atoms with E-state index in [-0.39, 0.29) is 11.6 Å². The van der Waals surface area contributed by atoms with Crippen LogP contribution in [0.1, 0.15) is 11.1 Å². The number of hydrogen-bond donors (Lipinski definition) is 1. The first kappa shape index (κ1) is 22.8. The number of benzene rings is 2. The maximum atomic E-state index is 9.24. The standard InChI is InChI=1S/C24H23N3O4/c1-17(13-24(27-16-26)31-22-11-7-5-9-19(22)14-25)30-23-12-8-6-10-20(23)21(15-28-3)18(2)29-4/h5-13,15-16H,1-2H2,3-4H3,(H2,26,27)/b21-15-,24-13+. The van der Waals surface area contributed by atoms with Gasteiger partial charge in [0.05, 0.1) is 38.0 Å². The van der Waals surface area contributed by atoms with Gasteiger partial charge in [-0.15, -0.1) is 0 Å². The van der Waals surface area contributed by atoms with Gasteiger partial charge in [0, 0.05) is 11.6 Å². The number of nitrogens with zero attached hydrogens (tertiary/aromatic N) is 2. The Morgan fingerprint density at radius 1 is 1.03 bits per heavy atom. The summed E-state index contributed by atoms with van der Waals surface area (Å²) in [4.78, 5) is 3.98. The topological polar surface area (TPSA) is 99.1 Å². The van der Waals surface area contributed by atoms with Crippen LogP contribution in [0.15, 0.2) is 96.4 Å². The van der Waals surface area contributed by atoms with Gasteiger partial charge in [-0.05, 0) is 18.2 Å². The molecule has 0 aliphatic rings. The molecule has 0 aliphatic carbocycles. The second-order valence-electron chi connectivity index (χ2n) is 5.93. The van der Waals surface area contributed by atoms with Gasteiger partial charge in [-0.25, -0.2) is 4.99 Å². The summed E-state index contributed by atoms with van der Waals surface area (Å²) in [6, 6.07) is 16.1. The van der Waals surface area contributed by atoms with Crippen LogP contribution in [0.5, 0.6) is 11.5 Å². The van der Waals surface area contributed by atoms with Crippen molar-refractivity contribution < 1.29 is 18.9 Å². The normalized spacial score (nSPS) is 11.5. The van der Waals surface area contributed by atoms with E-state index in [0.29, 0.717) is 34.0 Å². The lowest BCUT2D eigenvalue weighted by molar-refractivity contribution is 0.304. The predicted molar refractivity (Wildman–Crippen MR) is 120 cm³/mol. The summed E-state index contributed by atoms with van der Waals surface area (Å²) in [5.41, 5.74) is 7.08. The maximum Gasteiger partial charge on any atom is 0.224 e. The summed E-state index contributed by atoms with van der Waals surface area (Å²) in [5.74, 6) is 1.54. The molecule has 0 bridgehead atoms. The largest absolute Gasteiger partial charge is 0.504 e. The second-order valence-corrected chi connectivity index (χ2v) is 5.93. The summed E-state index contributed by atoms with van der Waals surface area (Å²) < 4.78 is 22.0. The first-order valence-electron chi connectivity index (χ1n) is 9.09. The zero-order chi connectivity index (χ0) is 22.6. The Morgan fingerprint density at radius 3 is 2.35 bits per heavy atom. The third-order valence-corrected chi connectivity index (χ3v) is 3.91. The minimum Gasteiger partial charge on any atom is -0.504 e. The van der Waals surface area contributed by atoms with Crippen molar-refractivity contribution in [3.05, 3.63) is 103 Å². The van der Waals surface area contributed by atoms with Crippen molar-refractivity contribution in [3.8, 4) is 17.6 Å².